The molecule has 53 heavy (non-hydrogen) atoms. The Morgan fingerprint density at radius 3 is 2.45 bits per heavy atom. The number of carbonyl (C=O) groups is 4. The first-order valence-corrected chi connectivity index (χ1v) is 18.3. The summed E-state index contributed by atoms with van der Waals surface area (Å²) in [7, 11) is 8.22. The third-order valence-corrected chi connectivity index (χ3v) is 11.5. The number of carbonyl (C=O) groups excluding carboxylic acids is 4. The molecule has 3 saturated carbocycles. The lowest BCUT2D eigenvalue weighted by Crippen LogP contribution is -2.59. The van der Waals surface area contributed by atoms with Crippen LogP contribution in [0.15, 0.2) is 48.6 Å². The van der Waals surface area contributed by atoms with E-state index in [1.807, 2.05) is 49.3 Å². The van der Waals surface area contributed by atoms with Crippen LogP contribution < -0.4 is 25.6 Å². The molecule has 0 unspecified atom stereocenters. The van der Waals surface area contributed by atoms with Crippen LogP contribution in [0.4, 0.5) is 5.69 Å². The molecular weight excluding hydrogens is 678 g/mol. The number of aliphatic hydroxyl groups excluding tert-OH is 1. The molecule has 0 spiro atoms. The second-order valence-electron chi connectivity index (χ2n) is 15.3. The van der Waals surface area contributed by atoms with Gasteiger partial charge in [0.25, 0.3) is 5.91 Å². The molecule has 1 aliphatic heterocycles. The van der Waals surface area contributed by atoms with Gasteiger partial charge in [-0.2, -0.15) is 5.06 Å². The summed E-state index contributed by atoms with van der Waals surface area (Å²) in [6.07, 6.45) is -0.0395. The molecule has 1 heterocycles. The van der Waals surface area contributed by atoms with E-state index >= 15 is 0 Å². The van der Waals surface area contributed by atoms with Crippen LogP contribution in [0.25, 0.3) is 11.1 Å². The number of rotatable bonds is 14. The van der Waals surface area contributed by atoms with E-state index in [1.165, 1.54) is 7.11 Å². The van der Waals surface area contributed by atoms with Crippen LogP contribution in [0.5, 0.6) is 5.75 Å². The fourth-order valence-electron chi connectivity index (χ4n) is 8.29. The molecule has 2 bridgehead atoms. The van der Waals surface area contributed by atoms with Crippen molar-refractivity contribution in [3.05, 3.63) is 59.7 Å². The van der Waals surface area contributed by atoms with Gasteiger partial charge in [-0.3, -0.25) is 24.0 Å². The van der Waals surface area contributed by atoms with Gasteiger partial charge in [-0.15, -0.1) is 0 Å². The number of ether oxygens (including phenoxy) is 2. The second-order valence-corrected chi connectivity index (χ2v) is 15.3. The van der Waals surface area contributed by atoms with Gasteiger partial charge in [0.05, 0.1) is 39.3 Å². The monoisotopic (exact) mass is 733 g/mol. The SMILES string of the molecule is C=C1[C@@H](NC(=O)[C@@H]2[C@H]([C@H](C)O)[C@H](CNC(=O)CCC(=O)OC)ON2Cc2cccc(-c3cc(C(=O)NC)cc(N(C)C)c3)c2OC)C[C@H]2C[C@@H]1C2(C)C. The third kappa shape index (κ3) is 8.22. The maximum absolute atomic E-state index is 14.4. The number of benzene rings is 2. The van der Waals surface area contributed by atoms with Gasteiger partial charge in [-0.05, 0) is 60.8 Å². The summed E-state index contributed by atoms with van der Waals surface area (Å²) >= 11 is 0. The third-order valence-electron chi connectivity index (χ3n) is 11.5. The molecule has 2 aromatic carbocycles. The standard InChI is InChI=1S/C40H55N5O8/c1-22-30-18-27(40(30,3)4)19-31(22)43-39(50)36-35(23(2)46)32(20-42-33(47)13-14-34(48)51-8)53-45(36)21-24-11-10-12-29(37(24)52-9)25-15-26(38(49)41-5)17-28(16-25)44(6)7/h10-12,15-17,23,27,30-32,35-36,46H,1,13-14,18-21H2,2-9H3,(H,41,49)(H,42,47)(H,43,50)/t23-,27+,30-,31-,32-,35+,36-/m0/s1. The van der Waals surface area contributed by atoms with Gasteiger partial charge in [0.2, 0.25) is 11.8 Å². The lowest BCUT2D eigenvalue weighted by Gasteiger charge is -2.60. The molecule has 4 fully saturated rings. The van der Waals surface area contributed by atoms with Gasteiger partial charge in [0.1, 0.15) is 17.9 Å². The number of hydroxylamine groups is 2. The number of hydrogen-bond acceptors (Lipinski definition) is 10. The Balaban J connectivity index is 1.47. The molecule has 0 aromatic heterocycles. The van der Waals surface area contributed by atoms with Crippen LogP contribution in [-0.2, 0) is 30.5 Å². The first-order valence-electron chi connectivity index (χ1n) is 18.3. The number of anilines is 1. The van der Waals surface area contributed by atoms with E-state index in [2.05, 4.69) is 41.1 Å². The van der Waals surface area contributed by atoms with Crippen LogP contribution in [0, 0.1) is 23.2 Å². The van der Waals surface area contributed by atoms with Crippen molar-refractivity contribution >= 4 is 29.4 Å². The molecule has 6 rings (SSSR count). The Bertz CT molecular complexity index is 1720. The van der Waals surface area contributed by atoms with E-state index in [4.69, 9.17) is 9.57 Å². The van der Waals surface area contributed by atoms with Gasteiger partial charge in [-0.1, -0.05) is 44.2 Å². The zero-order valence-electron chi connectivity index (χ0n) is 32.2. The number of esters is 1. The van der Waals surface area contributed by atoms with E-state index < -0.39 is 30.1 Å². The summed E-state index contributed by atoms with van der Waals surface area (Å²) in [4.78, 5) is 59.9. The van der Waals surface area contributed by atoms with Crippen molar-refractivity contribution < 1.29 is 38.6 Å². The summed E-state index contributed by atoms with van der Waals surface area (Å²) in [5.74, 6) is -0.796. The molecule has 1 saturated heterocycles. The van der Waals surface area contributed by atoms with Crippen LogP contribution in [-0.4, -0.2) is 100 Å². The van der Waals surface area contributed by atoms with Gasteiger partial charge in [0, 0.05) is 62.4 Å². The average molecular weight is 734 g/mol. The number of nitrogens with zero attached hydrogens (tertiary/aromatic N) is 2. The zero-order valence-corrected chi connectivity index (χ0v) is 32.2. The number of fused-ring (bicyclic) bond motifs is 2. The van der Waals surface area contributed by atoms with E-state index in [0.29, 0.717) is 28.7 Å². The largest absolute Gasteiger partial charge is 0.496 e. The predicted octanol–water partition coefficient (Wildman–Crippen LogP) is 3.45. The molecule has 2 aromatic rings. The number of para-hydroxylation sites is 1. The number of amides is 3. The van der Waals surface area contributed by atoms with Crippen LogP contribution in [0.3, 0.4) is 0 Å². The lowest BCUT2D eigenvalue weighted by molar-refractivity contribution is -0.176. The van der Waals surface area contributed by atoms with E-state index in [9.17, 15) is 24.3 Å². The van der Waals surface area contributed by atoms with Crippen molar-refractivity contribution in [1.82, 2.24) is 21.0 Å². The van der Waals surface area contributed by atoms with Crippen molar-refractivity contribution in [2.75, 3.05) is 46.8 Å². The topological polar surface area (TPSA) is 159 Å². The van der Waals surface area contributed by atoms with Gasteiger partial charge < -0.3 is 35.4 Å². The normalized spacial score (nSPS) is 25.1. The predicted molar refractivity (Wildman–Crippen MR) is 201 cm³/mol. The quantitative estimate of drug-likeness (QED) is 0.168. The summed E-state index contributed by atoms with van der Waals surface area (Å²) in [5, 5.41) is 21.5. The molecular formula is C40H55N5O8. The van der Waals surface area contributed by atoms with Crippen LogP contribution in [0.2, 0.25) is 0 Å². The first kappa shape index (κ1) is 39.7. The molecule has 13 nitrogen and oxygen atoms in total. The highest BCUT2D eigenvalue weighted by atomic mass is 16.7. The molecule has 7 atom stereocenters. The second kappa shape index (κ2) is 16.3. The van der Waals surface area contributed by atoms with Crippen LogP contribution >= 0.6 is 0 Å². The lowest BCUT2D eigenvalue weighted by atomic mass is 9.46. The Morgan fingerprint density at radius 1 is 1.11 bits per heavy atom. The Hall–Kier alpha value is -4.46. The van der Waals surface area contributed by atoms with Crippen molar-refractivity contribution in [2.45, 2.75) is 77.3 Å². The van der Waals surface area contributed by atoms with Crippen LogP contribution in [0.1, 0.15) is 62.4 Å². The Kier molecular flexibility index (Phi) is 12.2. The molecule has 3 aliphatic carbocycles. The minimum Gasteiger partial charge on any atom is -0.496 e. The minimum absolute atomic E-state index is 0.00109. The fourth-order valence-corrected chi connectivity index (χ4v) is 8.29. The molecule has 13 heteroatoms. The van der Waals surface area contributed by atoms with Crippen molar-refractivity contribution in [3.63, 3.8) is 0 Å². The highest BCUT2D eigenvalue weighted by Crippen LogP contribution is 2.60. The first-order chi connectivity index (χ1) is 25.1. The highest BCUT2D eigenvalue weighted by molar-refractivity contribution is 5.97. The molecule has 4 N–H and O–H groups in total. The fraction of sp³-hybridized carbons (Fsp3) is 0.550. The number of hydrogen-bond donors (Lipinski definition) is 4. The summed E-state index contributed by atoms with van der Waals surface area (Å²) in [5.41, 5.74) is 4.69. The van der Waals surface area contributed by atoms with Gasteiger partial charge >= 0.3 is 5.97 Å². The molecule has 4 aliphatic rings. The van der Waals surface area contributed by atoms with Gasteiger partial charge in [0.15, 0.2) is 0 Å². The van der Waals surface area contributed by atoms with Crippen molar-refractivity contribution in [1.29, 1.82) is 0 Å². The summed E-state index contributed by atoms with van der Waals surface area (Å²) < 4.78 is 10.7. The van der Waals surface area contributed by atoms with E-state index in [1.54, 1.807) is 32.2 Å². The maximum Gasteiger partial charge on any atom is 0.306 e. The van der Waals surface area contributed by atoms with Crippen molar-refractivity contribution in [3.8, 4) is 16.9 Å². The number of aliphatic hydroxyl groups is 1. The highest BCUT2D eigenvalue weighted by Gasteiger charge is 2.56. The smallest absolute Gasteiger partial charge is 0.306 e. The van der Waals surface area contributed by atoms with Crippen molar-refractivity contribution in [2.24, 2.45) is 23.2 Å². The van der Waals surface area contributed by atoms with Gasteiger partial charge in [-0.25, -0.2) is 0 Å². The summed E-state index contributed by atoms with van der Waals surface area (Å²) in [6.45, 7) is 10.6. The number of nitrogens with one attached hydrogen (secondary N) is 3. The van der Waals surface area contributed by atoms with E-state index in [-0.39, 0.29) is 55.1 Å². The molecule has 3 amide bonds. The zero-order chi connectivity index (χ0) is 38.8. The minimum atomic E-state index is -0.986. The number of methoxy groups -OCH3 is 2. The summed E-state index contributed by atoms with van der Waals surface area (Å²) in [6, 6.07) is 10.1. The Labute approximate surface area is 312 Å². The average Bonchev–Trinajstić information content (AvgIpc) is 3.50. The Morgan fingerprint density at radius 2 is 1.85 bits per heavy atom. The maximum atomic E-state index is 14.4. The van der Waals surface area contributed by atoms with E-state index in [0.717, 1.165) is 35.2 Å². The molecule has 0 radical (unpaired) electrons. The molecule has 288 valence electrons.